The molecular formula is C24H30BrNO4S. The Labute approximate surface area is 196 Å². The summed E-state index contributed by atoms with van der Waals surface area (Å²) in [6, 6.07) is 3.78. The first kappa shape index (κ1) is 23.9. The molecule has 2 aliphatic heterocycles. The lowest BCUT2D eigenvalue weighted by atomic mass is 9.75. The molecule has 3 rings (SSSR count). The molecule has 31 heavy (non-hydrogen) atoms. The smallest absolute Gasteiger partial charge is 0.355 e. The predicted molar refractivity (Wildman–Crippen MR) is 126 cm³/mol. The average molecular weight is 508 g/mol. The summed E-state index contributed by atoms with van der Waals surface area (Å²) in [6.45, 7) is 5.48. The Morgan fingerprint density at radius 3 is 2.74 bits per heavy atom. The minimum absolute atomic E-state index is 0.0777. The first-order valence-corrected chi connectivity index (χ1v) is 12.7. The zero-order chi connectivity index (χ0) is 22.6. The number of nitrogens with zero attached hydrogens (tertiary/aromatic N) is 1. The molecule has 1 fully saturated rings. The molecule has 3 heterocycles. The summed E-state index contributed by atoms with van der Waals surface area (Å²) in [5.74, 6) is -0.819. The number of carbonyl (C=O) groups excluding carboxylic acids is 3. The number of thiophene rings is 1. The van der Waals surface area contributed by atoms with Crippen molar-refractivity contribution in [3.05, 3.63) is 45.8 Å². The Morgan fingerprint density at radius 1 is 1.32 bits per heavy atom. The topological polar surface area (TPSA) is 63.7 Å². The van der Waals surface area contributed by atoms with Crippen LogP contribution in [-0.4, -0.2) is 39.5 Å². The molecule has 0 bridgehead atoms. The molecule has 2 aliphatic rings. The zero-order valence-corrected chi connectivity index (χ0v) is 20.8. The van der Waals surface area contributed by atoms with Crippen molar-refractivity contribution in [1.82, 2.24) is 4.90 Å². The number of ether oxygens (including phenoxy) is 1. The fourth-order valence-corrected chi connectivity index (χ4v) is 5.22. The van der Waals surface area contributed by atoms with Gasteiger partial charge < -0.3 is 9.64 Å². The molecular weight excluding hydrogens is 478 g/mol. The summed E-state index contributed by atoms with van der Waals surface area (Å²) < 4.78 is 5.64. The van der Waals surface area contributed by atoms with E-state index in [9.17, 15) is 14.4 Å². The molecule has 2 atom stereocenters. The van der Waals surface area contributed by atoms with Crippen molar-refractivity contribution in [2.75, 3.05) is 5.33 Å². The Kier molecular flexibility index (Phi) is 7.92. The number of carbonyl (C=O) groups is 3. The molecule has 0 aromatic carbocycles. The van der Waals surface area contributed by atoms with Gasteiger partial charge in [0.05, 0.1) is 5.92 Å². The van der Waals surface area contributed by atoms with E-state index < -0.39 is 11.6 Å². The highest BCUT2D eigenvalue weighted by atomic mass is 79.9. The van der Waals surface area contributed by atoms with Crippen LogP contribution >= 0.6 is 27.3 Å². The van der Waals surface area contributed by atoms with Crippen molar-refractivity contribution in [1.29, 1.82) is 0 Å². The Bertz CT molecular complexity index is 882. The molecule has 1 aromatic heterocycles. The highest BCUT2D eigenvalue weighted by Gasteiger charge is 2.53. The lowest BCUT2D eigenvalue weighted by molar-refractivity contribution is -0.165. The highest BCUT2D eigenvalue weighted by molar-refractivity contribution is 9.09. The summed E-state index contributed by atoms with van der Waals surface area (Å²) >= 11 is 4.93. The second-order valence-corrected chi connectivity index (χ2v) is 10.7. The third kappa shape index (κ3) is 5.95. The SMILES string of the molecule is CC(C)(C)OC(=O)C1=C(CC/C=C/CBr)CC[C@@H]2[C@H](CC(=O)Cc3cccs3)C(=O)N12. The van der Waals surface area contributed by atoms with Crippen LogP contribution in [0.15, 0.2) is 40.9 Å². The fraction of sp³-hybridized carbons (Fsp3) is 0.542. The first-order chi connectivity index (χ1) is 14.7. The van der Waals surface area contributed by atoms with Gasteiger partial charge in [-0.2, -0.15) is 0 Å². The first-order valence-electron chi connectivity index (χ1n) is 10.7. The lowest BCUT2D eigenvalue weighted by Gasteiger charge is -2.51. The normalized spacial score (nSPS) is 21.3. The molecule has 5 nitrogen and oxygen atoms in total. The van der Waals surface area contributed by atoms with Gasteiger partial charge in [0.15, 0.2) is 0 Å². The average Bonchev–Trinajstić information content (AvgIpc) is 3.20. The van der Waals surface area contributed by atoms with Gasteiger partial charge in [0.2, 0.25) is 5.91 Å². The van der Waals surface area contributed by atoms with Crippen LogP contribution in [0.25, 0.3) is 0 Å². The van der Waals surface area contributed by atoms with Crippen LogP contribution in [0.3, 0.4) is 0 Å². The standard InChI is InChI=1S/C24H30BrNO4S/c1-24(2,3)30-23(29)21-16(8-5-4-6-12-25)10-11-20-19(22(28)26(20)21)15-17(27)14-18-9-7-13-31-18/h4,6-7,9,13,19-20H,5,8,10-12,14-15H2,1-3H3/b6-4+/t19-,20+/m0/s1. The summed E-state index contributed by atoms with van der Waals surface area (Å²) in [4.78, 5) is 41.2. The van der Waals surface area contributed by atoms with Gasteiger partial charge in [0.1, 0.15) is 17.1 Å². The van der Waals surface area contributed by atoms with Crippen molar-refractivity contribution >= 4 is 44.9 Å². The van der Waals surface area contributed by atoms with Crippen LogP contribution in [0.2, 0.25) is 0 Å². The number of allylic oxidation sites excluding steroid dienone is 3. The Morgan fingerprint density at radius 2 is 2.10 bits per heavy atom. The number of β-lactam (4-membered cyclic amide) rings is 1. The Hall–Kier alpha value is -1.73. The van der Waals surface area contributed by atoms with Gasteiger partial charge in [0, 0.05) is 29.1 Å². The van der Waals surface area contributed by atoms with Gasteiger partial charge in [-0.15, -0.1) is 11.3 Å². The molecule has 1 amide bonds. The number of esters is 1. The van der Waals surface area contributed by atoms with Crippen LogP contribution in [0.1, 0.15) is 57.8 Å². The van der Waals surface area contributed by atoms with Crippen LogP contribution in [0.4, 0.5) is 0 Å². The van der Waals surface area contributed by atoms with Crippen LogP contribution < -0.4 is 0 Å². The fourth-order valence-electron chi connectivity index (χ4n) is 4.22. The van der Waals surface area contributed by atoms with Crippen molar-refractivity contribution < 1.29 is 19.1 Å². The van der Waals surface area contributed by atoms with Gasteiger partial charge in [-0.3, -0.25) is 9.59 Å². The van der Waals surface area contributed by atoms with Crippen LogP contribution in [0.5, 0.6) is 0 Å². The van der Waals surface area contributed by atoms with Gasteiger partial charge in [0.25, 0.3) is 0 Å². The maximum Gasteiger partial charge on any atom is 0.355 e. The number of amides is 1. The van der Waals surface area contributed by atoms with E-state index in [4.69, 9.17) is 4.74 Å². The number of fused-ring (bicyclic) bond motifs is 1. The third-order valence-corrected chi connectivity index (χ3v) is 6.78. The molecule has 0 radical (unpaired) electrons. The molecule has 168 valence electrons. The number of halogens is 1. The number of Topliss-reactive ketones (excluding diaryl/α,β-unsaturated/α-hetero) is 1. The van der Waals surface area contributed by atoms with Crippen molar-refractivity contribution in [2.45, 2.75) is 70.9 Å². The van der Waals surface area contributed by atoms with Gasteiger partial charge in [-0.25, -0.2) is 4.79 Å². The molecule has 1 aromatic rings. The van der Waals surface area contributed by atoms with E-state index in [1.807, 2.05) is 44.4 Å². The number of hydrogen-bond acceptors (Lipinski definition) is 5. The molecule has 0 unspecified atom stereocenters. The number of hydrogen-bond donors (Lipinski definition) is 0. The monoisotopic (exact) mass is 507 g/mol. The number of alkyl halides is 1. The van der Waals surface area contributed by atoms with E-state index in [2.05, 4.69) is 22.0 Å². The minimum Gasteiger partial charge on any atom is -0.455 e. The van der Waals surface area contributed by atoms with Crippen molar-refractivity contribution in [3.63, 3.8) is 0 Å². The summed E-state index contributed by atoms with van der Waals surface area (Å²) in [5, 5.41) is 2.74. The minimum atomic E-state index is -0.637. The molecule has 0 N–H and O–H groups in total. The summed E-state index contributed by atoms with van der Waals surface area (Å²) in [6.07, 6.45) is 7.78. The van der Waals surface area contributed by atoms with E-state index >= 15 is 0 Å². The maximum atomic E-state index is 13.1. The Balaban J connectivity index is 1.75. The molecule has 7 heteroatoms. The quantitative estimate of drug-likeness (QED) is 0.199. The lowest BCUT2D eigenvalue weighted by Crippen LogP contribution is -2.63. The van der Waals surface area contributed by atoms with E-state index in [1.165, 1.54) is 0 Å². The zero-order valence-electron chi connectivity index (χ0n) is 18.4. The largest absolute Gasteiger partial charge is 0.455 e. The maximum absolute atomic E-state index is 13.1. The van der Waals surface area contributed by atoms with Crippen LogP contribution in [0, 0.1) is 5.92 Å². The van der Waals surface area contributed by atoms with E-state index in [0.29, 0.717) is 12.1 Å². The number of ketones is 1. The summed E-state index contributed by atoms with van der Waals surface area (Å²) in [7, 11) is 0. The molecule has 1 saturated heterocycles. The second kappa shape index (κ2) is 10.3. The van der Waals surface area contributed by atoms with Gasteiger partial charge in [-0.1, -0.05) is 34.1 Å². The van der Waals surface area contributed by atoms with Crippen LogP contribution in [-0.2, 0) is 25.5 Å². The van der Waals surface area contributed by atoms with E-state index in [1.54, 1.807) is 16.2 Å². The van der Waals surface area contributed by atoms with E-state index in [0.717, 1.165) is 41.5 Å². The van der Waals surface area contributed by atoms with Gasteiger partial charge >= 0.3 is 5.97 Å². The number of rotatable bonds is 9. The summed E-state index contributed by atoms with van der Waals surface area (Å²) in [5.41, 5.74) is 0.744. The molecule has 0 aliphatic carbocycles. The second-order valence-electron chi connectivity index (χ2n) is 9.04. The van der Waals surface area contributed by atoms with E-state index in [-0.39, 0.29) is 30.1 Å². The van der Waals surface area contributed by atoms with Crippen molar-refractivity contribution in [2.24, 2.45) is 5.92 Å². The molecule has 0 saturated carbocycles. The predicted octanol–water partition coefficient (Wildman–Crippen LogP) is 5.20. The van der Waals surface area contributed by atoms with Gasteiger partial charge in [-0.05, 0) is 63.5 Å². The molecule has 0 spiro atoms. The third-order valence-electron chi connectivity index (χ3n) is 5.53. The highest BCUT2D eigenvalue weighted by Crippen LogP contribution is 2.43. The van der Waals surface area contributed by atoms with Crippen molar-refractivity contribution in [3.8, 4) is 0 Å².